The van der Waals surface area contributed by atoms with E-state index in [0.717, 1.165) is 27.2 Å². The first-order valence-electron chi connectivity index (χ1n) is 10.4. The molecule has 0 spiro atoms. The van der Waals surface area contributed by atoms with Crippen LogP contribution in [0.4, 0.5) is 0 Å². The van der Waals surface area contributed by atoms with E-state index in [4.69, 9.17) is 19.9 Å². The zero-order valence-electron chi connectivity index (χ0n) is 17.3. The summed E-state index contributed by atoms with van der Waals surface area (Å²) in [5.41, 5.74) is 2.79. The Bertz CT molecular complexity index is 1570. The molecule has 6 rings (SSSR count). The number of halogens is 1. The third-order valence-corrected chi connectivity index (χ3v) is 7.50. The van der Waals surface area contributed by atoms with E-state index >= 15 is 0 Å². The maximum Gasteiger partial charge on any atom is 0.231 e. The molecule has 0 amide bonds. The number of H-pyrrole nitrogens is 1. The highest BCUT2D eigenvalue weighted by atomic mass is 79.9. The first-order chi connectivity index (χ1) is 16.2. The van der Waals surface area contributed by atoms with Crippen molar-refractivity contribution in [2.24, 2.45) is 0 Å². The molecule has 3 aromatic carbocycles. The predicted octanol–water partition coefficient (Wildman–Crippen LogP) is 5.28. The van der Waals surface area contributed by atoms with E-state index in [9.17, 15) is 0 Å². The maximum absolute atomic E-state index is 8.25. The second-order valence-corrected chi connectivity index (χ2v) is 9.54. The molecule has 0 fully saturated rings. The molecule has 9 heteroatoms. The Morgan fingerprint density at radius 1 is 1.09 bits per heavy atom. The van der Waals surface area contributed by atoms with Gasteiger partial charge in [0.2, 0.25) is 6.79 Å². The van der Waals surface area contributed by atoms with Gasteiger partial charge in [0.25, 0.3) is 0 Å². The van der Waals surface area contributed by atoms with E-state index < -0.39 is 0 Å². The van der Waals surface area contributed by atoms with E-state index in [2.05, 4.69) is 68.4 Å². The van der Waals surface area contributed by atoms with Crippen LogP contribution < -0.4 is 15.0 Å². The normalized spacial score (nSPS) is 12.6. The van der Waals surface area contributed by atoms with Crippen LogP contribution >= 0.6 is 27.7 Å². The van der Waals surface area contributed by atoms with Crippen LogP contribution in [0.5, 0.6) is 11.5 Å². The minimum atomic E-state index is 0.176. The second-order valence-electron chi connectivity index (χ2n) is 7.65. The first-order valence-corrected chi connectivity index (χ1v) is 12.0. The number of aromatic nitrogens is 4. The van der Waals surface area contributed by atoms with Crippen molar-refractivity contribution in [1.29, 1.82) is 5.41 Å². The molecule has 0 saturated heterocycles. The molecule has 5 aromatic rings. The van der Waals surface area contributed by atoms with Gasteiger partial charge in [-0.1, -0.05) is 54.2 Å². The van der Waals surface area contributed by atoms with Crippen molar-refractivity contribution >= 4 is 49.6 Å². The lowest BCUT2D eigenvalue weighted by atomic mass is 10.0. The SMILES string of the molecule is N=c1ncn(CCc2cccc3ccccc23)c2nc(Sc3cc4c(cc3Br)OCO4)[nH]c12. The molecule has 1 aliphatic heterocycles. The number of ether oxygens (including phenoxy) is 2. The number of aromatic amines is 1. The average Bonchev–Trinajstić information content (AvgIpc) is 3.46. The van der Waals surface area contributed by atoms with Gasteiger partial charge in [0.05, 0.1) is 6.33 Å². The Morgan fingerprint density at radius 3 is 2.82 bits per heavy atom. The summed E-state index contributed by atoms with van der Waals surface area (Å²) in [7, 11) is 0. The Kier molecular flexibility index (Phi) is 5.07. The van der Waals surface area contributed by atoms with Gasteiger partial charge in [-0.3, -0.25) is 5.41 Å². The minimum Gasteiger partial charge on any atom is -0.454 e. The fourth-order valence-electron chi connectivity index (χ4n) is 4.01. The number of benzene rings is 3. The predicted molar refractivity (Wildman–Crippen MR) is 130 cm³/mol. The Labute approximate surface area is 201 Å². The first kappa shape index (κ1) is 20.3. The number of hydrogen-bond acceptors (Lipinski definition) is 6. The molecule has 0 radical (unpaired) electrons. The van der Waals surface area contributed by atoms with Gasteiger partial charge in [0.15, 0.2) is 27.8 Å². The fourth-order valence-corrected chi connectivity index (χ4v) is 5.39. The number of rotatable bonds is 5. The molecule has 33 heavy (non-hydrogen) atoms. The largest absolute Gasteiger partial charge is 0.454 e. The summed E-state index contributed by atoms with van der Waals surface area (Å²) in [6.07, 6.45) is 2.53. The minimum absolute atomic E-state index is 0.176. The zero-order valence-corrected chi connectivity index (χ0v) is 19.7. The fraction of sp³-hybridized carbons (Fsp3) is 0.125. The lowest BCUT2D eigenvalue weighted by Gasteiger charge is -2.09. The number of nitrogens with one attached hydrogen (secondary N) is 2. The summed E-state index contributed by atoms with van der Waals surface area (Å²) < 4.78 is 13.8. The molecule has 7 nitrogen and oxygen atoms in total. The highest BCUT2D eigenvalue weighted by molar-refractivity contribution is 9.10. The molecule has 3 heterocycles. The molecule has 2 aromatic heterocycles. The van der Waals surface area contributed by atoms with Gasteiger partial charge < -0.3 is 19.0 Å². The Balaban J connectivity index is 1.32. The molecular formula is C24H18BrN5O2S. The van der Waals surface area contributed by atoms with Crippen molar-refractivity contribution in [3.8, 4) is 11.5 Å². The molecule has 164 valence electrons. The smallest absolute Gasteiger partial charge is 0.231 e. The maximum atomic E-state index is 8.25. The molecule has 0 aliphatic carbocycles. The highest BCUT2D eigenvalue weighted by Crippen LogP contribution is 2.42. The Hall–Kier alpha value is -3.30. The third kappa shape index (κ3) is 3.77. The van der Waals surface area contributed by atoms with Gasteiger partial charge in [-0.25, -0.2) is 9.97 Å². The average molecular weight is 520 g/mol. The topological polar surface area (TPSA) is 88.8 Å². The van der Waals surface area contributed by atoms with Crippen molar-refractivity contribution in [1.82, 2.24) is 19.5 Å². The summed E-state index contributed by atoms with van der Waals surface area (Å²) in [4.78, 5) is 13.3. The number of imidazole rings is 1. The quantitative estimate of drug-likeness (QED) is 0.329. The van der Waals surface area contributed by atoms with Crippen LogP contribution in [0, 0.1) is 5.41 Å². The highest BCUT2D eigenvalue weighted by Gasteiger charge is 2.18. The summed E-state index contributed by atoms with van der Waals surface area (Å²) in [6.45, 7) is 0.936. The van der Waals surface area contributed by atoms with Gasteiger partial charge in [-0.2, -0.15) is 0 Å². The van der Waals surface area contributed by atoms with E-state index in [1.165, 1.54) is 28.1 Å². The van der Waals surface area contributed by atoms with Crippen LogP contribution in [0.3, 0.4) is 0 Å². The number of nitrogens with zero attached hydrogens (tertiary/aromatic N) is 3. The standard InChI is InChI=1S/C24H18BrN5O2S/c25-17-10-18-19(32-13-31-18)11-20(17)33-24-28-21-22(26)27-12-30(23(21)29-24)9-8-15-6-3-5-14-4-1-2-7-16(14)15/h1-7,10-12,26H,8-9,13H2,(H,28,29). The van der Waals surface area contributed by atoms with Crippen molar-refractivity contribution in [3.63, 3.8) is 0 Å². The molecule has 0 bridgehead atoms. The summed E-state index contributed by atoms with van der Waals surface area (Å²) in [5.74, 6) is 1.43. The van der Waals surface area contributed by atoms with E-state index in [1.54, 1.807) is 6.33 Å². The summed E-state index contributed by atoms with van der Waals surface area (Å²) >= 11 is 5.06. The lowest BCUT2D eigenvalue weighted by molar-refractivity contribution is 0.174. The van der Waals surface area contributed by atoms with Crippen LogP contribution in [0.1, 0.15) is 5.56 Å². The van der Waals surface area contributed by atoms with Crippen molar-refractivity contribution in [2.45, 2.75) is 23.0 Å². The van der Waals surface area contributed by atoms with Crippen LogP contribution in [0.15, 0.2) is 75.4 Å². The molecule has 0 saturated carbocycles. The molecular weight excluding hydrogens is 502 g/mol. The third-order valence-electron chi connectivity index (χ3n) is 5.63. The number of aryl methyl sites for hydroxylation is 2. The van der Waals surface area contributed by atoms with E-state index in [0.29, 0.717) is 23.0 Å². The lowest BCUT2D eigenvalue weighted by Crippen LogP contribution is -2.13. The van der Waals surface area contributed by atoms with Gasteiger partial charge in [0.1, 0.15) is 5.52 Å². The molecule has 2 N–H and O–H groups in total. The van der Waals surface area contributed by atoms with E-state index in [1.807, 2.05) is 16.7 Å². The molecule has 1 aliphatic rings. The van der Waals surface area contributed by atoms with Crippen molar-refractivity contribution in [3.05, 3.63) is 76.4 Å². The second kappa shape index (κ2) is 8.24. The van der Waals surface area contributed by atoms with Gasteiger partial charge in [-0.15, -0.1) is 0 Å². The van der Waals surface area contributed by atoms with Gasteiger partial charge >= 0.3 is 0 Å². The van der Waals surface area contributed by atoms with Crippen LogP contribution in [-0.4, -0.2) is 26.3 Å². The van der Waals surface area contributed by atoms with Crippen LogP contribution in [-0.2, 0) is 13.0 Å². The van der Waals surface area contributed by atoms with Gasteiger partial charge in [-0.05, 0) is 50.8 Å². The van der Waals surface area contributed by atoms with Crippen molar-refractivity contribution < 1.29 is 9.47 Å². The zero-order chi connectivity index (χ0) is 22.4. The summed E-state index contributed by atoms with van der Waals surface area (Å²) in [6, 6.07) is 18.6. The Morgan fingerprint density at radius 2 is 1.91 bits per heavy atom. The summed E-state index contributed by atoms with van der Waals surface area (Å²) in [5, 5.41) is 11.4. The number of fused-ring (bicyclic) bond motifs is 3. The van der Waals surface area contributed by atoms with E-state index in [-0.39, 0.29) is 12.3 Å². The molecule has 0 atom stereocenters. The monoisotopic (exact) mass is 519 g/mol. The molecule has 0 unspecified atom stereocenters. The van der Waals surface area contributed by atoms with Crippen LogP contribution in [0.25, 0.3) is 21.9 Å². The van der Waals surface area contributed by atoms with Crippen molar-refractivity contribution in [2.75, 3.05) is 6.79 Å². The van der Waals surface area contributed by atoms with Gasteiger partial charge in [0, 0.05) is 15.9 Å². The van der Waals surface area contributed by atoms with Crippen LogP contribution in [0.2, 0.25) is 0 Å². The number of hydrogen-bond donors (Lipinski definition) is 2.